The molecule has 0 spiro atoms. The molecule has 0 atom stereocenters. The molecule has 0 bridgehead atoms. The molecule has 2 aromatic carbocycles. The molecule has 238 valence electrons. The van der Waals surface area contributed by atoms with Gasteiger partial charge in [-0.1, -0.05) is 128 Å². The fraction of sp³-hybridized carbons (Fsp3) is 0.550. The molecule has 3 heteroatoms. The molecular weight excluding hydrogens is 567 g/mol. The Morgan fingerprint density at radius 2 is 1.07 bits per heavy atom. The van der Waals surface area contributed by atoms with Crippen LogP contribution >= 0.6 is 0 Å². The van der Waals surface area contributed by atoms with Crippen molar-refractivity contribution in [1.29, 1.82) is 0 Å². The molecule has 0 unspecified atom stereocenters. The number of rotatable bonds is 18. The molecule has 1 heterocycles. The summed E-state index contributed by atoms with van der Waals surface area (Å²) >= 11 is 1.62. The summed E-state index contributed by atoms with van der Waals surface area (Å²) in [5.74, 6) is 11.0. The molecule has 1 aliphatic heterocycles. The van der Waals surface area contributed by atoms with Crippen LogP contribution in [0, 0.1) is 11.8 Å². The number of unbranched alkanes of at least 4 members (excludes halogenated alkanes) is 12. The van der Waals surface area contributed by atoms with Gasteiger partial charge in [-0.3, -0.25) is 0 Å². The van der Waals surface area contributed by atoms with Crippen molar-refractivity contribution in [2.45, 2.75) is 142 Å². The number of hydrogen-bond donors (Lipinski definition) is 0. The van der Waals surface area contributed by atoms with E-state index in [1.807, 2.05) is 0 Å². The Labute approximate surface area is 271 Å². The minimum atomic E-state index is 0.795. The monoisotopic (exact) mass is 624 g/mol. The predicted octanol–water partition coefficient (Wildman–Crippen LogP) is 12.7. The summed E-state index contributed by atoms with van der Waals surface area (Å²) in [5, 5.41) is 0. The number of benzene rings is 2. The van der Waals surface area contributed by atoms with E-state index in [-0.39, 0.29) is 0 Å². The zero-order valence-corrected chi connectivity index (χ0v) is 28.9. The van der Waals surface area contributed by atoms with Crippen LogP contribution in [0.3, 0.4) is 0 Å². The van der Waals surface area contributed by atoms with Gasteiger partial charge in [0.05, 0.1) is 0 Å². The van der Waals surface area contributed by atoms with Crippen molar-refractivity contribution in [1.82, 2.24) is 0 Å². The first kappa shape index (κ1) is 36.8. The van der Waals surface area contributed by atoms with Gasteiger partial charge in [0.25, 0.3) is 0 Å². The second-order valence-electron chi connectivity index (χ2n) is 11.8. The van der Waals surface area contributed by atoms with Crippen LogP contribution in [0.1, 0.15) is 139 Å². The van der Waals surface area contributed by atoms with Crippen LogP contribution in [0.2, 0.25) is 11.8 Å². The summed E-state index contributed by atoms with van der Waals surface area (Å²) in [7, 11) is 0. The van der Waals surface area contributed by atoms with Crippen molar-refractivity contribution in [2.75, 3.05) is 0 Å². The predicted molar refractivity (Wildman–Crippen MR) is 185 cm³/mol. The molecule has 0 fully saturated rings. The molecule has 43 heavy (non-hydrogen) atoms. The Bertz CT molecular complexity index is 1180. The first-order valence-corrected chi connectivity index (χ1v) is 18.9. The average molecular weight is 626 g/mol. The van der Waals surface area contributed by atoms with Crippen molar-refractivity contribution >= 4 is 11.4 Å². The number of aryl methyl sites for hydroxylation is 2. The Kier molecular flexibility index (Phi) is 19.7. The fourth-order valence-corrected chi connectivity index (χ4v) is 5.39. The van der Waals surface area contributed by atoms with Crippen molar-refractivity contribution in [3.63, 3.8) is 0 Å². The summed E-state index contributed by atoms with van der Waals surface area (Å²) in [4.78, 5) is 0. The second kappa shape index (κ2) is 23.0. The number of nitrogens with zero attached hydrogens (tertiary/aromatic N) is 2. The van der Waals surface area contributed by atoms with Crippen molar-refractivity contribution in [2.24, 2.45) is 0 Å². The maximum absolute atomic E-state index is 11.4. The van der Waals surface area contributed by atoms with Gasteiger partial charge >= 0.3 is 26.2 Å². The van der Waals surface area contributed by atoms with Crippen LogP contribution in [0.15, 0.2) is 60.2 Å². The molecule has 0 saturated heterocycles. The minimum absolute atomic E-state index is 0.795. The van der Waals surface area contributed by atoms with Crippen LogP contribution in [0.4, 0.5) is 0 Å². The van der Waals surface area contributed by atoms with Gasteiger partial charge in [-0.2, -0.15) is 0 Å². The third kappa shape index (κ3) is 13.8. The van der Waals surface area contributed by atoms with Crippen LogP contribution in [0.5, 0.6) is 0 Å². The molecule has 2 aromatic rings. The molecule has 0 radical (unpaired) electrons. The molecule has 3 rings (SSSR count). The van der Waals surface area contributed by atoms with Gasteiger partial charge in [0.1, 0.15) is 5.57 Å². The maximum atomic E-state index is 11.4. The van der Waals surface area contributed by atoms with Crippen LogP contribution < -0.4 is 0 Å². The Morgan fingerprint density at radius 1 is 0.605 bits per heavy atom. The topological polar surface area (TPSA) is 25.3 Å². The molecule has 0 aliphatic carbocycles. The summed E-state index contributed by atoms with van der Waals surface area (Å²) < 4.78 is 1.36. The molecule has 0 aromatic heterocycles. The zero-order chi connectivity index (χ0) is 31.1. The zero-order valence-electron chi connectivity index (χ0n) is 27.9. The van der Waals surface area contributed by atoms with E-state index in [0.717, 1.165) is 53.8 Å². The van der Waals surface area contributed by atoms with Gasteiger partial charge < -0.3 is 5.53 Å². The van der Waals surface area contributed by atoms with E-state index in [4.69, 9.17) is 0 Å². The van der Waals surface area contributed by atoms with E-state index >= 15 is 0 Å². The first-order chi connectivity index (χ1) is 21.1. The van der Waals surface area contributed by atoms with E-state index in [2.05, 4.69) is 99.0 Å². The van der Waals surface area contributed by atoms with Gasteiger partial charge in [0.2, 0.25) is 11.4 Å². The Morgan fingerprint density at radius 3 is 1.63 bits per heavy atom. The molecule has 0 amide bonds. The van der Waals surface area contributed by atoms with Crippen LogP contribution in [-0.2, 0) is 27.3 Å². The summed E-state index contributed by atoms with van der Waals surface area (Å²) in [6.45, 7) is 6.75. The standard InChI is InChI=1S/C38H52N2.2CH3.Ni/c1-4-7-10-12-13-14-15-16-17-19-22-36-31-37(34-27-23-33(24-28-34)21-18-11-8-5-2)40(39)38(36)35-29-25-32(26-30-35)20-9-6-3;;;/h23-31H,4-18,20-21H2,1-3H3;2*1H3;. The molecule has 0 N–H and O–H groups in total. The third-order valence-electron chi connectivity index (χ3n) is 7.97. The van der Waals surface area contributed by atoms with Crippen molar-refractivity contribution < 1.29 is 19.1 Å². The van der Waals surface area contributed by atoms with Gasteiger partial charge in [-0.25, -0.2) is 4.70 Å². The molecule has 2 nitrogen and oxygen atoms in total. The Balaban J connectivity index is 0.00000206. The average Bonchev–Trinajstić information content (AvgIpc) is 3.35. The SMILES string of the molecule is CCCCCCCCCCC#CC1=C(c2ccc(CCCC)cc2)[N+](=[N-])C(c2ccc(CCCCCC)cc2)=C1.[CH3][Ni][CH3]. The van der Waals surface area contributed by atoms with Crippen molar-refractivity contribution in [3.05, 3.63) is 88.0 Å². The van der Waals surface area contributed by atoms with E-state index in [1.165, 1.54) is 99.3 Å². The Hall–Kier alpha value is -2.43. The van der Waals surface area contributed by atoms with E-state index < -0.39 is 0 Å². The van der Waals surface area contributed by atoms with Gasteiger partial charge in [0, 0.05) is 23.6 Å². The van der Waals surface area contributed by atoms with Crippen LogP contribution in [-0.4, -0.2) is 4.70 Å². The summed E-state index contributed by atoms with van der Waals surface area (Å²) in [5.41, 5.74) is 18.7. The fourth-order valence-electron chi connectivity index (χ4n) is 5.39. The van der Waals surface area contributed by atoms with Gasteiger partial charge in [0.15, 0.2) is 0 Å². The van der Waals surface area contributed by atoms with Gasteiger partial charge in [-0.15, -0.1) is 0 Å². The van der Waals surface area contributed by atoms with Crippen molar-refractivity contribution in [3.8, 4) is 11.8 Å². The quantitative estimate of drug-likeness (QED) is 0.0682. The third-order valence-corrected chi connectivity index (χ3v) is 7.97. The van der Waals surface area contributed by atoms with Gasteiger partial charge in [-0.05, 0) is 67.5 Å². The molecular formula is C40H58N2Ni. The van der Waals surface area contributed by atoms with E-state index in [0.29, 0.717) is 0 Å². The normalized spacial score (nSPS) is 12.6. The molecule has 0 saturated carbocycles. The number of hydrogen-bond acceptors (Lipinski definition) is 0. The second-order valence-corrected chi connectivity index (χ2v) is 12.7. The van der Waals surface area contributed by atoms with Crippen LogP contribution in [0.25, 0.3) is 16.9 Å². The molecule has 1 aliphatic rings. The summed E-state index contributed by atoms with van der Waals surface area (Å²) in [6, 6.07) is 17.4. The summed E-state index contributed by atoms with van der Waals surface area (Å²) in [6.07, 6.45) is 23.2. The van der Waals surface area contributed by atoms with E-state index in [1.54, 1.807) is 14.4 Å². The number of allylic oxidation sites excluding steroid dienone is 2. The first-order valence-electron chi connectivity index (χ1n) is 16.9. The van der Waals surface area contributed by atoms with E-state index in [9.17, 15) is 5.53 Å².